The first-order valence-electron chi connectivity index (χ1n) is 8.74. The van der Waals surface area contributed by atoms with Gasteiger partial charge in [-0.15, -0.1) is 0 Å². The third-order valence-electron chi connectivity index (χ3n) is 5.30. The second-order valence-electron chi connectivity index (χ2n) is 7.06. The fraction of sp³-hybridized carbons (Fsp3) is 0.529. The number of carbonyl (C=O) groups is 1. The highest BCUT2D eigenvalue weighted by Gasteiger charge is 2.46. The van der Waals surface area contributed by atoms with Crippen LogP contribution in [0.15, 0.2) is 30.6 Å². The predicted molar refractivity (Wildman–Crippen MR) is 95.7 cm³/mol. The second kappa shape index (κ2) is 6.64. The molecule has 0 aliphatic carbocycles. The fourth-order valence-electron chi connectivity index (χ4n) is 4.08. The molecule has 0 spiro atoms. The van der Waals surface area contributed by atoms with E-state index < -0.39 is 15.8 Å². The van der Waals surface area contributed by atoms with Gasteiger partial charge in [0.15, 0.2) is 9.84 Å². The summed E-state index contributed by atoms with van der Waals surface area (Å²) in [5, 5.41) is 8.94. The van der Waals surface area contributed by atoms with Gasteiger partial charge in [-0.2, -0.15) is 0 Å². The van der Waals surface area contributed by atoms with Crippen LogP contribution >= 0.6 is 0 Å². The molecule has 9 heteroatoms. The Kier molecular flexibility index (Phi) is 4.45. The topological polar surface area (TPSA) is 95.2 Å². The number of aliphatic carboxylic acids is 1. The minimum Gasteiger partial charge on any atom is -0.481 e. The number of hydrogen-bond acceptors (Lipinski definition) is 6. The van der Waals surface area contributed by atoms with Crippen molar-refractivity contribution >= 4 is 21.5 Å². The summed E-state index contributed by atoms with van der Waals surface area (Å²) in [6, 6.07) is 5.58. The highest BCUT2D eigenvalue weighted by Crippen LogP contribution is 2.28. The Bertz CT molecular complexity index is 893. The van der Waals surface area contributed by atoms with E-state index in [1.807, 2.05) is 39.9 Å². The maximum Gasteiger partial charge on any atom is 0.304 e. The number of sulfone groups is 1. The lowest BCUT2D eigenvalue weighted by Gasteiger charge is -2.43. The van der Waals surface area contributed by atoms with Crippen LogP contribution in [0.2, 0.25) is 0 Å². The molecule has 1 N–H and O–H groups in total. The highest BCUT2D eigenvalue weighted by atomic mass is 32.2. The van der Waals surface area contributed by atoms with Crippen molar-refractivity contribution in [3.63, 3.8) is 0 Å². The van der Waals surface area contributed by atoms with Gasteiger partial charge in [0, 0.05) is 50.7 Å². The number of pyridine rings is 1. The molecule has 0 saturated carbocycles. The number of imidazole rings is 1. The van der Waals surface area contributed by atoms with Crippen LogP contribution in [0.3, 0.4) is 0 Å². The minimum atomic E-state index is -3.11. The van der Waals surface area contributed by atoms with E-state index in [1.165, 1.54) is 0 Å². The molecule has 4 rings (SSSR count). The fourth-order valence-corrected chi connectivity index (χ4v) is 6.12. The molecule has 8 nitrogen and oxygen atoms in total. The van der Waals surface area contributed by atoms with Crippen molar-refractivity contribution < 1.29 is 18.3 Å². The molecule has 140 valence electrons. The molecular weight excluding hydrogens is 356 g/mol. The van der Waals surface area contributed by atoms with Crippen molar-refractivity contribution in [2.75, 3.05) is 31.1 Å². The van der Waals surface area contributed by atoms with Gasteiger partial charge in [0.1, 0.15) is 5.65 Å². The van der Waals surface area contributed by atoms with Crippen molar-refractivity contribution in [2.24, 2.45) is 0 Å². The normalized spacial score (nSPS) is 26.2. The van der Waals surface area contributed by atoms with Crippen molar-refractivity contribution in [3.8, 4) is 0 Å². The Morgan fingerprint density at radius 1 is 1.19 bits per heavy atom. The Balaban J connectivity index is 1.53. The van der Waals surface area contributed by atoms with Gasteiger partial charge in [0.2, 0.25) is 0 Å². The van der Waals surface area contributed by atoms with Gasteiger partial charge in [-0.1, -0.05) is 6.07 Å². The van der Waals surface area contributed by atoms with Crippen molar-refractivity contribution in [1.82, 2.24) is 19.2 Å². The monoisotopic (exact) mass is 378 g/mol. The summed E-state index contributed by atoms with van der Waals surface area (Å²) < 4.78 is 26.4. The van der Waals surface area contributed by atoms with E-state index in [2.05, 4.69) is 9.88 Å². The average molecular weight is 378 g/mol. The molecule has 2 aliphatic rings. The number of aromatic nitrogens is 2. The summed E-state index contributed by atoms with van der Waals surface area (Å²) in [6.07, 6.45) is 3.96. The molecule has 2 fully saturated rings. The van der Waals surface area contributed by atoms with Crippen LogP contribution in [0.5, 0.6) is 0 Å². The molecule has 0 aromatic carbocycles. The molecule has 2 aliphatic heterocycles. The van der Waals surface area contributed by atoms with Crippen molar-refractivity contribution in [1.29, 1.82) is 0 Å². The zero-order valence-electron chi connectivity index (χ0n) is 14.4. The van der Waals surface area contributed by atoms with Gasteiger partial charge in [-0.25, -0.2) is 13.4 Å². The van der Waals surface area contributed by atoms with E-state index in [4.69, 9.17) is 5.11 Å². The summed E-state index contributed by atoms with van der Waals surface area (Å²) in [5.41, 5.74) is 1.79. The number of rotatable bonds is 5. The van der Waals surface area contributed by atoms with E-state index in [9.17, 15) is 13.2 Å². The van der Waals surface area contributed by atoms with Crippen molar-refractivity contribution in [3.05, 3.63) is 36.3 Å². The molecule has 2 atom stereocenters. The quantitative estimate of drug-likeness (QED) is 0.788. The summed E-state index contributed by atoms with van der Waals surface area (Å²) in [4.78, 5) is 19.7. The first-order valence-corrected chi connectivity index (χ1v) is 10.6. The number of fused-ring (bicyclic) bond motifs is 2. The first-order chi connectivity index (χ1) is 12.4. The Morgan fingerprint density at radius 3 is 2.65 bits per heavy atom. The van der Waals surface area contributed by atoms with E-state index in [0.29, 0.717) is 26.2 Å². The molecule has 4 heterocycles. The Morgan fingerprint density at radius 2 is 1.92 bits per heavy atom. The lowest BCUT2D eigenvalue weighted by Crippen LogP contribution is -2.58. The molecule has 2 aromatic rings. The van der Waals surface area contributed by atoms with E-state index >= 15 is 0 Å². The van der Waals surface area contributed by atoms with Gasteiger partial charge in [-0.3, -0.25) is 14.6 Å². The van der Waals surface area contributed by atoms with Crippen LogP contribution < -0.4 is 0 Å². The highest BCUT2D eigenvalue weighted by molar-refractivity contribution is 7.91. The molecular formula is C17H22N4O4S. The average Bonchev–Trinajstić information content (AvgIpc) is 3.13. The smallest absolute Gasteiger partial charge is 0.304 e. The largest absolute Gasteiger partial charge is 0.481 e. The Hall–Kier alpha value is -1.97. The maximum absolute atomic E-state index is 12.2. The molecule has 26 heavy (non-hydrogen) atoms. The van der Waals surface area contributed by atoms with Crippen LogP contribution in [0.4, 0.5) is 0 Å². The third-order valence-corrected chi connectivity index (χ3v) is 7.00. The van der Waals surface area contributed by atoms with E-state index in [-0.39, 0.29) is 30.0 Å². The van der Waals surface area contributed by atoms with Crippen molar-refractivity contribution in [2.45, 2.75) is 25.0 Å². The molecule has 0 radical (unpaired) electrons. The van der Waals surface area contributed by atoms with E-state index in [0.717, 1.165) is 11.3 Å². The third kappa shape index (κ3) is 3.46. The van der Waals surface area contributed by atoms with Gasteiger partial charge >= 0.3 is 5.97 Å². The number of nitrogens with zero attached hydrogens (tertiary/aromatic N) is 4. The van der Waals surface area contributed by atoms with E-state index in [1.54, 1.807) is 0 Å². The molecule has 0 amide bonds. The molecule has 2 saturated heterocycles. The van der Waals surface area contributed by atoms with Crippen LogP contribution in [0.1, 0.15) is 12.1 Å². The van der Waals surface area contributed by atoms with Gasteiger partial charge in [0.25, 0.3) is 0 Å². The Labute approximate surface area is 152 Å². The first kappa shape index (κ1) is 17.4. The van der Waals surface area contributed by atoms with Crippen LogP contribution in [-0.4, -0.2) is 81.9 Å². The molecule has 0 unspecified atom stereocenters. The number of carboxylic acids is 1. The predicted octanol–water partition coefficient (Wildman–Crippen LogP) is 0.0922. The zero-order valence-corrected chi connectivity index (χ0v) is 15.2. The number of carboxylic acid groups (broad SMARTS) is 1. The molecule has 0 bridgehead atoms. The molecule has 2 aromatic heterocycles. The second-order valence-corrected chi connectivity index (χ2v) is 9.21. The van der Waals surface area contributed by atoms with Gasteiger partial charge in [-0.05, 0) is 12.1 Å². The van der Waals surface area contributed by atoms with Crippen LogP contribution in [0.25, 0.3) is 5.65 Å². The lowest BCUT2D eigenvalue weighted by atomic mass is 10.0. The summed E-state index contributed by atoms with van der Waals surface area (Å²) in [6.45, 7) is 2.39. The van der Waals surface area contributed by atoms with Crippen LogP contribution in [0, 0.1) is 0 Å². The number of hydrogen-bond donors (Lipinski definition) is 1. The summed E-state index contributed by atoms with van der Waals surface area (Å²) in [5.74, 6) is -0.609. The maximum atomic E-state index is 12.2. The van der Waals surface area contributed by atoms with Crippen LogP contribution in [-0.2, 0) is 21.2 Å². The summed E-state index contributed by atoms with van der Waals surface area (Å²) in [7, 11) is -3.11. The lowest BCUT2D eigenvalue weighted by molar-refractivity contribution is -0.137. The van der Waals surface area contributed by atoms with Gasteiger partial charge in [0.05, 0.1) is 23.6 Å². The van der Waals surface area contributed by atoms with Gasteiger partial charge < -0.3 is 9.51 Å². The zero-order chi connectivity index (χ0) is 18.3. The SMILES string of the molecule is O=C(O)CCN1CCN(Cc2cn3ccccc3n2)[C@@H]2CS(=O)(=O)C[C@@H]21. The summed E-state index contributed by atoms with van der Waals surface area (Å²) >= 11 is 0. The standard InChI is InChI=1S/C17H22N4O4S/c22-17(23)4-6-19-7-8-20(15-12-26(24,25)11-14(15)19)9-13-10-21-5-2-1-3-16(21)18-13/h1-3,5,10,14-15H,4,6-9,11-12H2,(H,22,23)/t14-,15+/m0/s1. The number of piperazine rings is 1. The minimum absolute atomic E-state index is 0.0374.